The van der Waals surface area contributed by atoms with Gasteiger partial charge in [-0.25, -0.2) is 0 Å². The molecule has 3 heteroatoms. The Morgan fingerprint density at radius 3 is 2.48 bits per heavy atom. The Hall–Kier alpha value is -1.74. The lowest BCUT2D eigenvalue weighted by Gasteiger charge is -2.10. The van der Waals surface area contributed by atoms with Crippen LogP contribution in [0.1, 0.15) is 41.3 Å². The van der Waals surface area contributed by atoms with Gasteiger partial charge in [-0.15, -0.1) is 0 Å². The van der Waals surface area contributed by atoms with Crippen molar-refractivity contribution in [3.63, 3.8) is 0 Å². The second kappa shape index (κ2) is 7.32. The van der Waals surface area contributed by atoms with Crippen LogP contribution in [0.3, 0.4) is 0 Å². The minimum Gasteiger partial charge on any atom is -0.322 e. The average Bonchev–Trinajstić information content (AvgIpc) is 2.48. The molecule has 0 unspecified atom stereocenters. The molecule has 2 nitrogen and oxygen atoms in total. The summed E-state index contributed by atoms with van der Waals surface area (Å²) in [5, 5.41) is 2.96. The molecule has 0 aliphatic rings. The Labute approximate surface area is 131 Å². The molecule has 0 heterocycles. The molecule has 2 rings (SSSR count). The van der Waals surface area contributed by atoms with Crippen LogP contribution in [0.2, 0.25) is 0 Å². The lowest BCUT2D eigenvalue weighted by atomic mass is 10.0. The lowest BCUT2D eigenvalue weighted by Crippen LogP contribution is -2.12. The van der Waals surface area contributed by atoms with Gasteiger partial charge in [0.15, 0.2) is 0 Å². The molecule has 0 atom stereocenters. The lowest BCUT2D eigenvalue weighted by molar-refractivity contribution is 0.102. The minimum absolute atomic E-state index is 0.0633. The van der Waals surface area contributed by atoms with Crippen LogP contribution in [0.4, 0.5) is 5.69 Å². The quantitative estimate of drug-likeness (QED) is 0.848. The van der Waals surface area contributed by atoms with Crippen molar-refractivity contribution in [2.75, 3.05) is 11.6 Å². The maximum Gasteiger partial charge on any atom is 0.255 e. The third-order valence-corrected chi connectivity index (χ3v) is 3.96. The van der Waals surface area contributed by atoms with Crippen LogP contribution in [-0.4, -0.2) is 12.2 Å². The first kappa shape index (κ1) is 15.6. The summed E-state index contributed by atoms with van der Waals surface area (Å²) in [6, 6.07) is 15.8. The molecule has 0 aliphatic carbocycles. The fourth-order valence-electron chi connectivity index (χ4n) is 2.10. The van der Waals surface area contributed by atoms with Gasteiger partial charge in [0.25, 0.3) is 5.91 Å². The van der Waals surface area contributed by atoms with E-state index in [0.717, 1.165) is 11.4 Å². The summed E-state index contributed by atoms with van der Waals surface area (Å²) >= 11 is 1.78. The first-order chi connectivity index (χ1) is 10.1. The highest BCUT2D eigenvalue weighted by Crippen LogP contribution is 2.19. The SMILES string of the molecule is CSCc1ccc(C(=O)Nc2cccc(C(C)C)c2)cc1. The van der Waals surface area contributed by atoms with Gasteiger partial charge in [0.05, 0.1) is 0 Å². The molecule has 2 aromatic rings. The monoisotopic (exact) mass is 299 g/mol. The van der Waals surface area contributed by atoms with Gasteiger partial charge < -0.3 is 5.32 Å². The van der Waals surface area contributed by atoms with Crippen LogP contribution >= 0.6 is 11.8 Å². The number of carbonyl (C=O) groups excluding carboxylic acids is 1. The van der Waals surface area contributed by atoms with Crippen molar-refractivity contribution in [1.29, 1.82) is 0 Å². The standard InChI is InChI=1S/C18H21NOS/c1-13(2)16-5-4-6-17(11-16)19-18(20)15-9-7-14(8-10-15)12-21-3/h4-11,13H,12H2,1-3H3,(H,19,20). The van der Waals surface area contributed by atoms with Gasteiger partial charge in [-0.3, -0.25) is 4.79 Å². The zero-order valence-corrected chi connectivity index (χ0v) is 13.5. The Bertz CT molecular complexity index is 605. The fraction of sp³-hybridized carbons (Fsp3) is 0.278. The molecule has 0 aliphatic heterocycles. The van der Waals surface area contributed by atoms with Gasteiger partial charge >= 0.3 is 0 Å². The van der Waals surface area contributed by atoms with E-state index in [1.165, 1.54) is 11.1 Å². The zero-order chi connectivity index (χ0) is 15.2. The second-order valence-corrected chi connectivity index (χ2v) is 6.23. The fourth-order valence-corrected chi connectivity index (χ4v) is 2.62. The van der Waals surface area contributed by atoms with Crippen molar-refractivity contribution in [3.05, 3.63) is 65.2 Å². The third-order valence-electron chi connectivity index (χ3n) is 3.34. The van der Waals surface area contributed by atoms with Crippen LogP contribution in [0.15, 0.2) is 48.5 Å². The molecule has 0 bridgehead atoms. The van der Waals surface area contributed by atoms with Crippen molar-refractivity contribution in [2.24, 2.45) is 0 Å². The summed E-state index contributed by atoms with van der Waals surface area (Å²) in [5.41, 5.74) is 4.00. The largest absolute Gasteiger partial charge is 0.322 e. The molecular formula is C18H21NOS. The van der Waals surface area contributed by atoms with E-state index in [-0.39, 0.29) is 5.91 Å². The van der Waals surface area contributed by atoms with Crippen molar-refractivity contribution in [1.82, 2.24) is 0 Å². The van der Waals surface area contributed by atoms with Crippen LogP contribution in [0.25, 0.3) is 0 Å². The Balaban J connectivity index is 2.08. The molecule has 0 radical (unpaired) electrons. The van der Waals surface area contributed by atoms with Gasteiger partial charge in [-0.1, -0.05) is 38.1 Å². The first-order valence-corrected chi connectivity index (χ1v) is 8.48. The molecule has 21 heavy (non-hydrogen) atoms. The van der Waals surface area contributed by atoms with Crippen molar-refractivity contribution >= 4 is 23.4 Å². The number of amides is 1. The van der Waals surface area contributed by atoms with Crippen LogP contribution < -0.4 is 5.32 Å². The van der Waals surface area contributed by atoms with Crippen molar-refractivity contribution in [3.8, 4) is 0 Å². The predicted octanol–water partition coefficient (Wildman–Crippen LogP) is 4.93. The van der Waals surface area contributed by atoms with E-state index >= 15 is 0 Å². The number of rotatable bonds is 5. The van der Waals surface area contributed by atoms with Gasteiger partial charge in [-0.05, 0) is 47.6 Å². The van der Waals surface area contributed by atoms with E-state index in [1.807, 2.05) is 42.5 Å². The maximum absolute atomic E-state index is 12.2. The zero-order valence-electron chi connectivity index (χ0n) is 12.7. The van der Waals surface area contributed by atoms with Crippen LogP contribution in [0, 0.1) is 0 Å². The van der Waals surface area contributed by atoms with Crippen molar-refractivity contribution < 1.29 is 4.79 Å². The van der Waals surface area contributed by atoms with E-state index in [1.54, 1.807) is 11.8 Å². The van der Waals surface area contributed by atoms with E-state index in [9.17, 15) is 4.79 Å². The third kappa shape index (κ3) is 4.36. The van der Waals surface area contributed by atoms with Gasteiger partial charge in [0.1, 0.15) is 0 Å². The summed E-state index contributed by atoms with van der Waals surface area (Å²) in [6.07, 6.45) is 2.07. The molecule has 1 amide bonds. The normalized spacial score (nSPS) is 10.7. The summed E-state index contributed by atoms with van der Waals surface area (Å²) in [4.78, 5) is 12.2. The van der Waals surface area contributed by atoms with Gasteiger partial charge in [0, 0.05) is 17.0 Å². The molecule has 2 aromatic carbocycles. The molecular weight excluding hydrogens is 278 g/mol. The Morgan fingerprint density at radius 2 is 1.86 bits per heavy atom. The number of hydrogen-bond acceptors (Lipinski definition) is 2. The van der Waals surface area contributed by atoms with Gasteiger partial charge in [-0.2, -0.15) is 11.8 Å². The molecule has 0 saturated heterocycles. The molecule has 0 saturated carbocycles. The highest BCUT2D eigenvalue weighted by atomic mass is 32.2. The summed E-state index contributed by atoms with van der Waals surface area (Å²) in [5.74, 6) is 1.36. The van der Waals surface area contributed by atoms with E-state index < -0.39 is 0 Å². The summed E-state index contributed by atoms with van der Waals surface area (Å²) in [6.45, 7) is 4.29. The smallest absolute Gasteiger partial charge is 0.255 e. The van der Waals surface area contributed by atoms with Crippen molar-refractivity contribution in [2.45, 2.75) is 25.5 Å². The molecule has 110 valence electrons. The van der Waals surface area contributed by atoms with E-state index in [0.29, 0.717) is 11.5 Å². The summed E-state index contributed by atoms with van der Waals surface area (Å²) < 4.78 is 0. The molecule has 0 aromatic heterocycles. The number of anilines is 1. The Kier molecular flexibility index (Phi) is 5.45. The molecule has 0 fully saturated rings. The average molecular weight is 299 g/mol. The van der Waals surface area contributed by atoms with Crippen LogP contribution in [-0.2, 0) is 5.75 Å². The molecule has 1 N–H and O–H groups in total. The summed E-state index contributed by atoms with van der Waals surface area (Å²) in [7, 11) is 0. The maximum atomic E-state index is 12.2. The number of carbonyl (C=O) groups is 1. The minimum atomic E-state index is -0.0633. The molecule has 0 spiro atoms. The Morgan fingerprint density at radius 1 is 1.14 bits per heavy atom. The first-order valence-electron chi connectivity index (χ1n) is 7.09. The van der Waals surface area contributed by atoms with E-state index in [2.05, 4.69) is 31.5 Å². The number of benzene rings is 2. The topological polar surface area (TPSA) is 29.1 Å². The van der Waals surface area contributed by atoms with Gasteiger partial charge in [0.2, 0.25) is 0 Å². The van der Waals surface area contributed by atoms with Crippen LogP contribution in [0.5, 0.6) is 0 Å². The van der Waals surface area contributed by atoms with E-state index in [4.69, 9.17) is 0 Å². The number of hydrogen-bond donors (Lipinski definition) is 1. The predicted molar refractivity (Wildman–Crippen MR) is 92.1 cm³/mol. The highest BCUT2D eigenvalue weighted by molar-refractivity contribution is 7.97. The number of thioether (sulfide) groups is 1. The number of nitrogens with one attached hydrogen (secondary N) is 1. The second-order valence-electron chi connectivity index (χ2n) is 5.36. The highest BCUT2D eigenvalue weighted by Gasteiger charge is 2.07.